The van der Waals surface area contributed by atoms with E-state index < -0.39 is 5.60 Å². The number of piperidine rings is 1. The van der Waals surface area contributed by atoms with Crippen molar-refractivity contribution in [2.45, 2.75) is 62.3 Å². The summed E-state index contributed by atoms with van der Waals surface area (Å²) in [7, 11) is 0. The molecular formula is C16H21NO4. The van der Waals surface area contributed by atoms with Crippen LogP contribution < -0.4 is 0 Å². The van der Waals surface area contributed by atoms with Gasteiger partial charge >= 0.3 is 0 Å². The summed E-state index contributed by atoms with van der Waals surface area (Å²) in [6.07, 6.45) is 6.19. The molecule has 3 aliphatic heterocycles. The van der Waals surface area contributed by atoms with Crippen molar-refractivity contribution >= 4 is 5.91 Å². The number of carbonyl (C=O) groups is 1. The van der Waals surface area contributed by atoms with E-state index in [0.717, 1.165) is 25.7 Å². The first-order chi connectivity index (χ1) is 10.2. The smallest absolute Gasteiger partial charge is 0.252 e. The van der Waals surface area contributed by atoms with Crippen LogP contribution in [0.5, 0.6) is 0 Å². The second-order valence-electron chi connectivity index (χ2n) is 6.55. The number of fused-ring (bicyclic) bond motifs is 2. The number of aliphatic hydroxyl groups is 1. The van der Waals surface area contributed by atoms with Crippen LogP contribution in [-0.4, -0.2) is 40.7 Å². The van der Waals surface area contributed by atoms with Crippen molar-refractivity contribution in [3.63, 3.8) is 0 Å². The van der Waals surface area contributed by atoms with E-state index in [1.165, 1.54) is 0 Å². The Morgan fingerprint density at radius 1 is 1.29 bits per heavy atom. The maximum absolute atomic E-state index is 12.7. The van der Waals surface area contributed by atoms with Gasteiger partial charge in [0.05, 0.1) is 6.26 Å². The van der Waals surface area contributed by atoms with Crippen molar-refractivity contribution in [3.05, 3.63) is 24.2 Å². The molecule has 0 saturated carbocycles. The lowest BCUT2D eigenvalue weighted by Crippen LogP contribution is -2.54. The van der Waals surface area contributed by atoms with Gasteiger partial charge in [0.25, 0.3) is 5.91 Å². The van der Waals surface area contributed by atoms with Gasteiger partial charge in [-0.05, 0) is 37.8 Å². The van der Waals surface area contributed by atoms with Crippen molar-refractivity contribution in [2.24, 2.45) is 0 Å². The fourth-order valence-corrected chi connectivity index (χ4v) is 4.27. The molecule has 4 heterocycles. The molecule has 3 atom stereocenters. The lowest BCUT2D eigenvalue weighted by atomic mass is 9.84. The molecular weight excluding hydrogens is 270 g/mol. The number of hydrogen-bond donors (Lipinski definition) is 1. The van der Waals surface area contributed by atoms with Crippen LogP contribution >= 0.6 is 0 Å². The maximum Gasteiger partial charge on any atom is 0.252 e. The average molecular weight is 291 g/mol. The molecule has 0 unspecified atom stereocenters. The highest BCUT2D eigenvalue weighted by Crippen LogP contribution is 2.46. The number of amides is 1. The van der Waals surface area contributed by atoms with Crippen LogP contribution in [0.25, 0.3) is 0 Å². The standard InChI is InChI=1S/C16H21NO4/c18-15(13-3-1-7-20-13)17-11-5-6-12(17)10-16(19,9-11)14-4-2-8-21-14/h2,4,8,11-13,19H,1,3,5-7,9-10H2/t11-,12-,13-/m0/s1. The van der Waals surface area contributed by atoms with E-state index in [-0.39, 0.29) is 24.1 Å². The zero-order valence-corrected chi connectivity index (χ0v) is 12.0. The zero-order valence-electron chi connectivity index (χ0n) is 12.0. The fourth-order valence-electron chi connectivity index (χ4n) is 4.27. The molecule has 1 aromatic rings. The third-order valence-corrected chi connectivity index (χ3v) is 5.21. The lowest BCUT2D eigenvalue weighted by Gasteiger charge is -2.43. The van der Waals surface area contributed by atoms with Crippen molar-refractivity contribution < 1.29 is 19.1 Å². The molecule has 3 aliphatic rings. The summed E-state index contributed by atoms with van der Waals surface area (Å²) in [6.45, 7) is 0.690. The summed E-state index contributed by atoms with van der Waals surface area (Å²) in [5.41, 5.74) is -0.928. The van der Waals surface area contributed by atoms with Crippen LogP contribution in [0.3, 0.4) is 0 Å². The zero-order chi connectivity index (χ0) is 14.4. The number of rotatable bonds is 2. The number of furan rings is 1. The highest BCUT2D eigenvalue weighted by molar-refractivity contribution is 5.82. The fraction of sp³-hybridized carbons (Fsp3) is 0.688. The summed E-state index contributed by atoms with van der Waals surface area (Å²) in [5, 5.41) is 10.9. The van der Waals surface area contributed by atoms with Crippen molar-refractivity contribution in [1.82, 2.24) is 4.90 Å². The minimum absolute atomic E-state index is 0.107. The molecule has 0 radical (unpaired) electrons. The predicted octanol–water partition coefficient (Wildman–Crippen LogP) is 1.80. The SMILES string of the molecule is O=C([C@@H]1CCCO1)N1[C@H]2CC[C@H]1CC(O)(c1ccco1)C2. The van der Waals surface area contributed by atoms with Gasteiger partial charge in [-0.2, -0.15) is 0 Å². The number of carbonyl (C=O) groups excluding carboxylic acids is 1. The van der Waals surface area contributed by atoms with Gasteiger partial charge in [0.2, 0.25) is 0 Å². The summed E-state index contributed by atoms with van der Waals surface area (Å²) in [4.78, 5) is 14.6. The van der Waals surface area contributed by atoms with Crippen LogP contribution in [0.1, 0.15) is 44.3 Å². The van der Waals surface area contributed by atoms with Crippen LogP contribution in [0.4, 0.5) is 0 Å². The Morgan fingerprint density at radius 2 is 2.05 bits per heavy atom. The molecule has 5 nitrogen and oxygen atoms in total. The first-order valence-electron chi connectivity index (χ1n) is 7.87. The Kier molecular flexibility index (Phi) is 3.08. The Balaban J connectivity index is 1.55. The lowest BCUT2D eigenvalue weighted by molar-refractivity contribution is -0.152. The summed E-state index contributed by atoms with van der Waals surface area (Å²) < 4.78 is 11.0. The van der Waals surface area contributed by atoms with E-state index in [4.69, 9.17) is 9.15 Å². The normalized spacial score (nSPS) is 38.9. The Morgan fingerprint density at radius 3 is 2.62 bits per heavy atom. The van der Waals surface area contributed by atoms with Crippen molar-refractivity contribution in [1.29, 1.82) is 0 Å². The largest absolute Gasteiger partial charge is 0.466 e. The first kappa shape index (κ1) is 13.3. The summed E-state index contributed by atoms with van der Waals surface area (Å²) >= 11 is 0. The van der Waals surface area contributed by atoms with E-state index >= 15 is 0 Å². The van der Waals surface area contributed by atoms with Crippen LogP contribution in [0.15, 0.2) is 22.8 Å². The van der Waals surface area contributed by atoms with Crippen molar-refractivity contribution in [3.8, 4) is 0 Å². The topological polar surface area (TPSA) is 62.9 Å². The second-order valence-corrected chi connectivity index (χ2v) is 6.55. The van der Waals surface area contributed by atoms with Gasteiger partial charge in [-0.3, -0.25) is 4.79 Å². The third kappa shape index (κ3) is 2.10. The minimum atomic E-state index is -0.928. The van der Waals surface area contributed by atoms with E-state index in [0.29, 0.717) is 25.2 Å². The highest BCUT2D eigenvalue weighted by Gasteiger charge is 2.52. The molecule has 0 aromatic carbocycles. The van der Waals surface area contributed by atoms with Crippen molar-refractivity contribution in [2.75, 3.05) is 6.61 Å². The molecule has 0 aliphatic carbocycles. The number of hydrogen-bond acceptors (Lipinski definition) is 4. The second kappa shape index (κ2) is 4.85. The Hall–Kier alpha value is -1.33. The number of ether oxygens (including phenoxy) is 1. The van der Waals surface area contributed by atoms with Crippen LogP contribution in [0.2, 0.25) is 0 Å². The molecule has 3 fully saturated rings. The third-order valence-electron chi connectivity index (χ3n) is 5.21. The van der Waals surface area contributed by atoms with E-state index in [1.807, 2.05) is 11.0 Å². The molecule has 1 amide bonds. The summed E-state index contributed by atoms with van der Waals surface area (Å²) in [6, 6.07) is 3.85. The molecule has 0 spiro atoms. The van der Waals surface area contributed by atoms with Crippen LogP contribution in [0, 0.1) is 0 Å². The van der Waals surface area contributed by atoms with Gasteiger partial charge in [-0.15, -0.1) is 0 Å². The molecule has 1 N–H and O–H groups in total. The quantitative estimate of drug-likeness (QED) is 0.902. The average Bonchev–Trinajstić information content (AvgIpc) is 3.18. The molecule has 5 heteroatoms. The molecule has 21 heavy (non-hydrogen) atoms. The van der Waals surface area contributed by atoms with Gasteiger partial charge in [0.1, 0.15) is 17.5 Å². The van der Waals surface area contributed by atoms with Crippen LogP contribution in [-0.2, 0) is 15.1 Å². The maximum atomic E-state index is 12.7. The van der Waals surface area contributed by atoms with Gasteiger partial charge in [0.15, 0.2) is 0 Å². The molecule has 1 aromatic heterocycles. The molecule has 114 valence electrons. The van der Waals surface area contributed by atoms with E-state index in [1.54, 1.807) is 12.3 Å². The van der Waals surface area contributed by atoms with Gasteiger partial charge < -0.3 is 19.2 Å². The molecule has 4 rings (SSSR count). The first-order valence-corrected chi connectivity index (χ1v) is 7.87. The predicted molar refractivity (Wildman–Crippen MR) is 74.5 cm³/mol. The van der Waals surface area contributed by atoms with Gasteiger partial charge in [-0.25, -0.2) is 0 Å². The summed E-state index contributed by atoms with van der Waals surface area (Å²) in [5.74, 6) is 0.755. The Labute approximate surface area is 123 Å². The molecule has 3 saturated heterocycles. The van der Waals surface area contributed by atoms with E-state index in [2.05, 4.69) is 0 Å². The van der Waals surface area contributed by atoms with Gasteiger partial charge in [0, 0.05) is 31.5 Å². The highest BCUT2D eigenvalue weighted by atomic mass is 16.5. The van der Waals surface area contributed by atoms with Gasteiger partial charge in [-0.1, -0.05) is 0 Å². The monoisotopic (exact) mass is 291 g/mol. The minimum Gasteiger partial charge on any atom is -0.466 e. The van der Waals surface area contributed by atoms with E-state index in [9.17, 15) is 9.90 Å². The Bertz CT molecular complexity index is 506. The molecule has 2 bridgehead atoms. The number of nitrogens with zero attached hydrogens (tertiary/aromatic N) is 1.